The van der Waals surface area contributed by atoms with E-state index < -0.39 is 0 Å². The molecule has 4 rings (SSSR count). The number of aliphatic hydroxyl groups is 1. The van der Waals surface area contributed by atoms with Crippen molar-refractivity contribution in [1.82, 2.24) is 9.88 Å². The zero-order valence-electron chi connectivity index (χ0n) is 14.4. The van der Waals surface area contributed by atoms with Gasteiger partial charge in [0.1, 0.15) is 12.0 Å². The average Bonchev–Trinajstić information content (AvgIpc) is 3.02. The molecule has 0 aliphatic carbocycles. The van der Waals surface area contributed by atoms with E-state index in [2.05, 4.69) is 22.1 Å². The number of pyridine rings is 1. The van der Waals surface area contributed by atoms with Gasteiger partial charge in [-0.2, -0.15) is 0 Å². The minimum atomic E-state index is -0.331. The molecule has 2 saturated heterocycles. The fourth-order valence-corrected chi connectivity index (χ4v) is 3.88. The first-order chi connectivity index (χ1) is 12.2. The number of fused-ring (bicyclic) bond motifs is 1. The van der Waals surface area contributed by atoms with Crippen LogP contribution >= 0.6 is 0 Å². The summed E-state index contributed by atoms with van der Waals surface area (Å²) in [6, 6.07) is 1.80. The van der Waals surface area contributed by atoms with Gasteiger partial charge < -0.3 is 19.5 Å². The van der Waals surface area contributed by atoms with Crippen LogP contribution in [-0.2, 0) is 16.0 Å². The number of carbonyl (C=O) groups excluding carboxylic acids is 1. The summed E-state index contributed by atoms with van der Waals surface area (Å²) in [4.78, 5) is 20.9. The molecule has 3 aliphatic rings. The summed E-state index contributed by atoms with van der Waals surface area (Å²) in [5, 5.41) is 12.3. The van der Waals surface area contributed by atoms with Crippen molar-refractivity contribution in [2.45, 2.75) is 32.2 Å². The zero-order valence-corrected chi connectivity index (χ0v) is 14.4. The van der Waals surface area contributed by atoms with Crippen LogP contribution in [0.25, 0.3) is 0 Å². The van der Waals surface area contributed by atoms with Crippen molar-refractivity contribution in [3.05, 3.63) is 17.8 Å². The highest BCUT2D eigenvalue weighted by molar-refractivity contribution is 5.92. The molecule has 2 amide bonds. The Labute approximate surface area is 146 Å². The first-order valence-electron chi connectivity index (χ1n) is 8.82. The summed E-state index contributed by atoms with van der Waals surface area (Å²) in [5.74, 6) is 0.794. The number of aromatic nitrogens is 1. The number of ether oxygens (including phenoxy) is 2. The topological polar surface area (TPSA) is 87.2 Å². The zero-order chi connectivity index (χ0) is 17.4. The Morgan fingerprint density at radius 1 is 1.40 bits per heavy atom. The second-order valence-electron chi connectivity index (χ2n) is 6.86. The summed E-state index contributed by atoms with van der Waals surface area (Å²) in [6.07, 6.45) is 1.95. The third kappa shape index (κ3) is 3.05. The predicted molar refractivity (Wildman–Crippen MR) is 91.4 cm³/mol. The number of carbonyl (C=O) groups is 1. The van der Waals surface area contributed by atoms with Crippen LogP contribution < -0.4 is 10.2 Å². The van der Waals surface area contributed by atoms with Crippen molar-refractivity contribution in [2.24, 2.45) is 5.92 Å². The van der Waals surface area contributed by atoms with Crippen molar-refractivity contribution in [1.29, 1.82) is 0 Å². The molecule has 4 heterocycles. The molecule has 1 aromatic rings. The van der Waals surface area contributed by atoms with Gasteiger partial charge in [0.15, 0.2) is 0 Å². The number of nitrogens with one attached hydrogen (secondary N) is 1. The van der Waals surface area contributed by atoms with E-state index in [1.165, 1.54) is 0 Å². The molecule has 3 atom stereocenters. The van der Waals surface area contributed by atoms with Gasteiger partial charge in [-0.3, -0.25) is 10.2 Å². The summed E-state index contributed by atoms with van der Waals surface area (Å²) in [5.41, 5.74) is 2.09. The molecule has 0 radical (unpaired) electrons. The van der Waals surface area contributed by atoms with Gasteiger partial charge in [-0.1, -0.05) is 6.92 Å². The quantitative estimate of drug-likeness (QED) is 0.848. The third-order valence-corrected chi connectivity index (χ3v) is 5.16. The lowest BCUT2D eigenvalue weighted by atomic mass is 10.0. The summed E-state index contributed by atoms with van der Waals surface area (Å²) in [7, 11) is 0. The van der Waals surface area contributed by atoms with Crippen LogP contribution in [0, 0.1) is 5.92 Å². The molecule has 0 bridgehead atoms. The number of aliphatic hydroxyl groups excluding tert-OH is 1. The molecular formula is C17H24N4O4. The Hall–Kier alpha value is -1.90. The van der Waals surface area contributed by atoms with Crippen molar-refractivity contribution < 1.29 is 19.4 Å². The van der Waals surface area contributed by atoms with Crippen molar-refractivity contribution >= 4 is 17.5 Å². The number of urea groups is 1. The van der Waals surface area contributed by atoms with E-state index >= 15 is 0 Å². The molecule has 25 heavy (non-hydrogen) atoms. The largest absolute Gasteiger partial charge is 0.394 e. The molecule has 2 fully saturated rings. The Morgan fingerprint density at radius 2 is 2.20 bits per heavy atom. The van der Waals surface area contributed by atoms with Crippen LogP contribution in [0.15, 0.2) is 12.3 Å². The van der Waals surface area contributed by atoms with Gasteiger partial charge in [0.05, 0.1) is 32.5 Å². The maximum atomic E-state index is 12.6. The smallest absolute Gasteiger partial charge is 0.325 e. The molecular weight excluding hydrogens is 324 g/mol. The highest BCUT2D eigenvalue weighted by Crippen LogP contribution is 2.36. The molecule has 136 valence electrons. The summed E-state index contributed by atoms with van der Waals surface area (Å²) < 4.78 is 11.3. The molecule has 2 N–H and O–H groups in total. The second-order valence-corrected chi connectivity index (χ2v) is 6.86. The van der Waals surface area contributed by atoms with E-state index in [-0.39, 0.29) is 30.9 Å². The number of amides is 2. The maximum absolute atomic E-state index is 12.6. The van der Waals surface area contributed by atoms with Crippen LogP contribution in [0.2, 0.25) is 0 Å². The number of hydrogen-bond acceptors (Lipinski definition) is 6. The van der Waals surface area contributed by atoms with E-state index in [1.807, 2.05) is 6.07 Å². The van der Waals surface area contributed by atoms with Crippen molar-refractivity contribution in [3.63, 3.8) is 0 Å². The molecule has 0 aromatic carbocycles. The minimum Gasteiger partial charge on any atom is -0.394 e. The van der Waals surface area contributed by atoms with Crippen LogP contribution in [-0.4, -0.2) is 66.3 Å². The van der Waals surface area contributed by atoms with E-state index in [0.29, 0.717) is 25.6 Å². The highest BCUT2D eigenvalue weighted by Gasteiger charge is 2.41. The third-order valence-electron chi connectivity index (χ3n) is 5.16. The van der Waals surface area contributed by atoms with Gasteiger partial charge in [-0.05, 0) is 12.5 Å². The van der Waals surface area contributed by atoms with E-state index in [9.17, 15) is 9.90 Å². The highest BCUT2D eigenvalue weighted by atomic mass is 16.5. The number of morpholine rings is 1. The normalized spacial score (nSPS) is 29.5. The van der Waals surface area contributed by atoms with E-state index in [4.69, 9.17) is 9.47 Å². The fourth-order valence-electron chi connectivity index (χ4n) is 3.88. The summed E-state index contributed by atoms with van der Waals surface area (Å²) in [6.45, 7) is 5.54. The molecule has 1 aromatic heterocycles. The van der Waals surface area contributed by atoms with Crippen LogP contribution in [0.4, 0.5) is 16.3 Å². The first kappa shape index (κ1) is 16.6. The maximum Gasteiger partial charge on any atom is 0.325 e. The molecule has 0 unspecified atom stereocenters. The fraction of sp³-hybridized carbons (Fsp3) is 0.647. The van der Waals surface area contributed by atoms with Crippen LogP contribution in [0.3, 0.4) is 0 Å². The SMILES string of the molecule is C[C@H]1C[C@@H](CO)O[C@H]1N1Cc2c(N3CCOCC3)ccnc2NC1=O. The molecule has 0 saturated carbocycles. The lowest BCUT2D eigenvalue weighted by Crippen LogP contribution is -2.48. The van der Waals surface area contributed by atoms with Crippen LogP contribution in [0.5, 0.6) is 0 Å². The Morgan fingerprint density at radius 3 is 2.92 bits per heavy atom. The molecule has 8 heteroatoms. The van der Waals surface area contributed by atoms with Gasteiger partial charge in [-0.25, -0.2) is 9.78 Å². The van der Waals surface area contributed by atoms with Gasteiger partial charge >= 0.3 is 6.03 Å². The number of hydrogen-bond donors (Lipinski definition) is 2. The van der Waals surface area contributed by atoms with Crippen LogP contribution in [0.1, 0.15) is 18.9 Å². The standard InChI is InChI=1S/C17H24N4O4/c1-11-8-12(10-22)25-16(11)21-9-13-14(20-4-6-24-7-5-20)2-3-18-15(13)19-17(21)23/h2-3,11-12,16,22H,4-10H2,1H3,(H,18,19,23)/t11-,12-,16+/m0/s1. The molecule has 0 spiro atoms. The Bertz CT molecular complexity index is 650. The van der Waals surface area contributed by atoms with Crippen molar-refractivity contribution in [2.75, 3.05) is 43.1 Å². The number of rotatable bonds is 3. The molecule has 3 aliphatic heterocycles. The van der Waals surface area contributed by atoms with E-state index in [0.717, 1.165) is 30.8 Å². The lowest BCUT2D eigenvalue weighted by Gasteiger charge is -2.38. The van der Waals surface area contributed by atoms with Gasteiger partial charge in [0.25, 0.3) is 0 Å². The Kier molecular flexibility index (Phi) is 4.49. The monoisotopic (exact) mass is 348 g/mol. The first-order valence-corrected chi connectivity index (χ1v) is 8.82. The second kappa shape index (κ2) is 6.78. The number of anilines is 2. The minimum absolute atomic E-state index is 0.0204. The summed E-state index contributed by atoms with van der Waals surface area (Å²) >= 11 is 0. The van der Waals surface area contributed by atoms with Crippen molar-refractivity contribution in [3.8, 4) is 0 Å². The van der Waals surface area contributed by atoms with Gasteiger partial charge in [-0.15, -0.1) is 0 Å². The van der Waals surface area contributed by atoms with Gasteiger partial charge in [0, 0.05) is 36.5 Å². The molecule has 8 nitrogen and oxygen atoms in total. The predicted octanol–water partition coefficient (Wildman–Crippen LogP) is 1.01. The average molecular weight is 348 g/mol. The van der Waals surface area contributed by atoms with E-state index in [1.54, 1.807) is 11.1 Å². The lowest BCUT2D eigenvalue weighted by molar-refractivity contribution is -0.0620. The number of nitrogens with zero attached hydrogens (tertiary/aromatic N) is 3. The Balaban J connectivity index is 1.61. The van der Waals surface area contributed by atoms with Gasteiger partial charge in [0.2, 0.25) is 0 Å².